The van der Waals surface area contributed by atoms with E-state index in [0.717, 1.165) is 11.3 Å². The van der Waals surface area contributed by atoms with Crippen molar-refractivity contribution in [1.82, 2.24) is 14.9 Å². The van der Waals surface area contributed by atoms with Crippen molar-refractivity contribution in [3.63, 3.8) is 0 Å². The highest BCUT2D eigenvalue weighted by Crippen LogP contribution is 2.42. The molecule has 1 atom stereocenters. The molecule has 1 aliphatic rings. The second-order valence-electron chi connectivity index (χ2n) is 8.09. The van der Waals surface area contributed by atoms with Gasteiger partial charge in [0.15, 0.2) is 0 Å². The Morgan fingerprint density at radius 2 is 1.97 bits per heavy atom. The van der Waals surface area contributed by atoms with Crippen molar-refractivity contribution in [3.8, 4) is 11.5 Å². The van der Waals surface area contributed by atoms with E-state index in [2.05, 4.69) is 20.2 Å². The zero-order chi connectivity index (χ0) is 24.7. The van der Waals surface area contributed by atoms with E-state index in [9.17, 15) is 13.2 Å². The molecule has 2 heterocycles. The highest BCUT2D eigenvalue weighted by atomic mass is 35.5. The molecular formula is C21H20Cl2N4O5S2. The Bertz CT molecular complexity index is 1360. The number of fused-ring (bicyclic) bond motifs is 1. The molecule has 13 heteroatoms. The van der Waals surface area contributed by atoms with Crippen LogP contribution >= 0.6 is 34.5 Å². The van der Waals surface area contributed by atoms with Crippen molar-refractivity contribution in [2.24, 2.45) is 0 Å². The van der Waals surface area contributed by atoms with Gasteiger partial charge in [-0.2, -0.15) is 0 Å². The van der Waals surface area contributed by atoms with Gasteiger partial charge in [-0.15, -0.1) is 10.2 Å². The zero-order valence-electron chi connectivity index (χ0n) is 18.3. The third-order valence-electron chi connectivity index (χ3n) is 5.01. The highest BCUT2D eigenvalue weighted by Gasteiger charge is 2.37. The first-order valence-electron chi connectivity index (χ1n) is 9.96. The maximum absolute atomic E-state index is 13.1. The van der Waals surface area contributed by atoms with E-state index in [1.165, 1.54) is 18.2 Å². The molecular weight excluding hydrogens is 523 g/mol. The summed E-state index contributed by atoms with van der Waals surface area (Å²) in [5, 5.41) is 10.6. The summed E-state index contributed by atoms with van der Waals surface area (Å²) >= 11 is 12.6. The summed E-state index contributed by atoms with van der Waals surface area (Å²) < 4.78 is 39.8. The lowest BCUT2D eigenvalue weighted by Gasteiger charge is -2.37. The molecule has 1 aromatic heterocycles. The van der Waals surface area contributed by atoms with Crippen LogP contribution in [0.25, 0.3) is 0 Å². The van der Waals surface area contributed by atoms with Crippen LogP contribution in [-0.4, -0.2) is 37.2 Å². The normalized spacial score (nSPS) is 16.9. The van der Waals surface area contributed by atoms with Gasteiger partial charge in [0.25, 0.3) is 15.9 Å². The number of nitrogens with zero attached hydrogens (tertiary/aromatic N) is 2. The fourth-order valence-corrected chi connectivity index (χ4v) is 6.13. The van der Waals surface area contributed by atoms with E-state index in [-0.39, 0.29) is 20.1 Å². The van der Waals surface area contributed by atoms with E-state index in [4.69, 9.17) is 32.7 Å². The molecule has 3 aromatic rings. The third kappa shape index (κ3) is 5.28. The van der Waals surface area contributed by atoms with Crippen LogP contribution < -0.4 is 19.5 Å². The topological polar surface area (TPSA) is 120 Å². The molecule has 34 heavy (non-hydrogen) atoms. The Morgan fingerprint density at radius 1 is 1.21 bits per heavy atom. The van der Waals surface area contributed by atoms with Crippen LogP contribution in [0.3, 0.4) is 0 Å². The molecule has 0 saturated heterocycles. The number of ether oxygens (including phenoxy) is 2. The molecule has 180 valence electrons. The second-order valence-corrected chi connectivity index (χ2v) is 11.8. The minimum Gasteiger partial charge on any atom is -0.497 e. The number of aromatic nitrogens is 2. The van der Waals surface area contributed by atoms with Gasteiger partial charge in [-0.05, 0) is 38.1 Å². The van der Waals surface area contributed by atoms with Gasteiger partial charge in [-0.1, -0.05) is 40.6 Å². The van der Waals surface area contributed by atoms with Crippen LogP contribution in [0.4, 0.5) is 5.13 Å². The standard InChI is InChI=1S/C21H20Cl2N4O5S2/c1-21(2)10-16(14-7-5-12(31-3)9-17(14)32-21)27-34(29,30)20-26-25-19(33-20)24-18(28)13-6-4-11(22)8-15(13)23/h4-9,16,27H,10H2,1-3H3,(H,24,25,28). The average Bonchev–Trinajstić information content (AvgIpc) is 3.21. The number of rotatable bonds is 6. The van der Waals surface area contributed by atoms with E-state index in [1.54, 1.807) is 25.3 Å². The zero-order valence-corrected chi connectivity index (χ0v) is 21.4. The molecule has 4 rings (SSSR count). The molecule has 0 radical (unpaired) electrons. The summed E-state index contributed by atoms with van der Waals surface area (Å²) in [5.74, 6) is 0.570. The van der Waals surface area contributed by atoms with Gasteiger partial charge in [0.1, 0.15) is 17.1 Å². The Hall–Kier alpha value is -2.44. The van der Waals surface area contributed by atoms with Crippen molar-refractivity contribution in [2.45, 2.75) is 36.3 Å². The van der Waals surface area contributed by atoms with E-state index >= 15 is 0 Å². The quantitative estimate of drug-likeness (QED) is 0.433. The van der Waals surface area contributed by atoms with Crippen LogP contribution in [0.1, 0.15) is 42.2 Å². The second kappa shape index (κ2) is 9.31. The summed E-state index contributed by atoms with van der Waals surface area (Å²) in [6.07, 6.45) is 0.392. The van der Waals surface area contributed by atoms with Crippen molar-refractivity contribution in [2.75, 3.05) is 12.4 Å². The predicted molar refractivity (Wildman–Crippen MR) is 130 cm³/mol. The Balaban J connectivity index is 1.54. The largest absolute Gasteiger partial charge is 0.497 e. The molecule has 2 aromatic carbocycles. The van der Waals surface area contributed by atoms with Crippen molar-refractivity contribution in [1.29, 1.82) is 0 Å². The number of nitrogens with one attached hydrogen (secondary N) is 2. The van der Waals surface area contributed by atoms with Gasteiger partial charge < -0.3 is 9.47 Å². The third-order valence-corrected chi connectivity index (χ3v) is 8.23. The van der Waals surface area contributed by atoms with E-state index in [0.29, 0.717) is 28.5 Å². The summed E-state index contributed by atoms with van der Waals surface area (Å²) in [5.41, 5.74) is 0.226. The number of carbonyl (C=O) groups excluding carboxylic acids is 1. The number of methoxy groups -OCH3 is 1. The maximum Gasteiger partial charge on any atom is 0.270 e. The number of benzene rings is 2. The lowest BCUT2D eigenvalue weighted by Crippen LogP contribution is -2.41. The Morgan fingerprint density at radius 3 is 2.68 bits per heavy atom. The van der Waals surface area contributed by atoms with E-state index in [1.807, 2.05) is 13.8 Å². The van der Waals surface area contributed by atoms with Gasteiger partial charge >= 0.3 is 0 Å². The number of sulfonamides is 1. The molecule has 9 nitrogen and oxygen atoms in total. The fraction of sp³-hybridized carbons (Fsp3) is 0.286. The first-order valence-corrected chi connectivity index (χ1v) is 13.0. The molecule has 1 aliphatic heterocycles. The summed E-state index contributed by atoms with van der Waals surface area (Å²) in [4.78, 5) is 12.5. The molecule has 0 saturated carbocycles. The maximum atomic E-state index is 13.1. The van der Waals surface area contributed by atoms with Crippen LogP contribution in [0.5, 0.6) is 11.5 Å². The monoisotopic (exact) mass is 542 g/mol. The van der Waals surface area contributed by atoms with Gasteiger partial charge in [-0.25, -0.2) is 13.1 Å². The molecule has 2 N–H and O–H groups in total. The lowest BCUT2D eigenvalue weighted by atomic mass is 9.90. The first kappa shape index (κ1) is 24.7. The average molecular weight is 543 g/mol. The molecule has 0 fully saturated rings. The molecule has 0 bridgehead atoms. The smallest absolute Gasteiger partial charge is 0.270 e. The van der Waals surface area contributed by atoms with Crippen LogP contribution in [0.2, 0.25) is 10.0 Å². The SMILES string of the molecule is COc1ccc2c(c1)OC(C)(C)CC2NS(=O)(=O)c1nnc(NC(=O)c2ccc(Cl)cc2Cl)s1. The highest BCUT2D eigenvalue weighted by molar-refractivity contribution is 7.91. The minimum atomic E-state index is -4.05. The molecule has 1 unspecified atom stereocenters. The van der Waals surface area contributed by atoms with Gasteiger partial charge in [-0.3, -0.25) is 10.1 Å². The Kier molecular flexibility index (Phi) is 6.76. The Labute approximate surface area is 210 Å². The number of carbonyl (C=O) groups is 1. The summed E-state index contributed by atoms with van der Waals surface area (Å²) in [6.45, 7) is 3.74. The predicted octanol–water partition coefficient (Wildman–Crippen LogP) is 4.69. The van der Waals surface area contributed by atoms with Gasteiger partial charge in [0.05, 0.1) is 23.7 Å². The summed E-state index contributed by atoms with van der Waals surface area (Å²) in [7, 11) is -2.50. The van der Waals surface area contributed by atoms with Crippen LogP contribution in [-0.2, 0) is 10.0 Å². The fourth-order valence-electron chi connectivity index (χ4n) is 3.51. The summed E-state index contributed by atoms with van der Waals surface area (Å²) in [6, 6.07) is 9.06. The number of anilines is 1. The van der Waals surface area contributed by atoms with E-state index < -0.39 is 27.6 Å². The number of hydrogen-bond acceptors (Lipinski definition) is 8. The van der Waals surface area contributed by atoms with Crippen molar-refractivity contribution >= 4 is 55.6 Å². The first-order chi connectivity index (χ1) is 16.0. The van der Waals surface area contributed by atoms with Crippen molar-refractivity contribution in [3.05, 3.63) is 57.6 Å². The van der Waals surface area contributed by atoms with Crippen molar-refractivity contribution < 1.29 is 22.7 Å². The minimum absolute atomic E-state index is 0.00818. The number of amides is 1. The number of hydrogen-bond donors (Lipinski definition) is 2. The molecule has 1 amide bonds. The van der Waals surface area contributed by atoms with Crippen LogP contribution in [0.15, 0.2) is 40.7 Å². The lowest BCUT2D eigenvalue weighted by molar-refractivity contribution is 0.0698. The van der Waals surface area contributed by atoms with Gasteiger partial charge in [0.2, 0.25) is 9.47 Å². The molecule has 0 aliphatic carbocycles. The van der Waals surface area contributed by atoms with Gasteiger partial charge in [0, 0.05) is 23.1 Å². The molecule has 0 spiro atoms. The number of halogens is 2. The van der Waals surface area contributed by atoms with Crippen LogP contribution in [0, 0.1) is 0 Å².